The molecule has 0 bridgehead atoms. The van der Waals surface area contributed by atoms with Crippen molar-refractivity contribution in [2.45, 2.75) is 12.8 Å². The largest absolute Gasteiger partial charge is 0.495 e. The lowest BCUT2D eigenvalue weighted by Crippen LogP contribution is -2.35. The molecule has 7 heteroatoms. The molecule has 6 nitrogen and oxygen atoms in total. The number of ether oxygens (including phenoxy) is 3. The molecular formula is C15H21ClN2O4. The third kappa shape index (κ3) is 4.42. The number of carbonyl (C=O) groups is 1. The quantitative estimate of drug-likeness (QED) is 0.872. The highest BCUT2D eigenvalue weighted by Crippen LogP contribution is 2.35. The second-order valence-corrected chi connectivity index (χ2v) is 5.49. The molecule has 0 saturated carbocycles. The van der Waals surface area contributed by atoms with Crippen LogP contribution >= 0.6 is 11.6 Å². The first-order valence-electron chi connectivity index (χ1n) is 7.18. The molecule has 0 atom stereocenters. The van der Waals surface area contributed by atoms with Crippen LogP contribution < -0.4 is 20.1 Å². The first kappa shape index (κ1) is 16.7. The Labute approximate surface area is 135 Å². The average molecular weight is 329 g/mol. The Morgan fingerprint density at radius 2 is 1.95 bits per heavy atom. The van der Waals surface area contributed by atoms with Crippen molar-refractivity contribution in [3.63, 3.8) is 0 Å². The van der Waals surface area contributed by atoms with Gasteiger partial charge >= 0.3 is 6.03 Å². The molecule has 1 aliphatic rings. The first-order chi connectivity index (χ1) is 10.6. The number of hydrogen-bond donors (Lipinski definition) is 2. The van der Waals surface area contributed by atoms with Crippen molar-refractivity contribution >= 4 is 23.3 Å². The van der Waals surface area contributed by atoms with Gasteiger partial charge in [-0.1, -0.05) is 11.6 Å². The highest BCUT2D eigenvalue weighted by Gasteiger charge is 2.16. The van der Waals surface area contributed by atoms with Gasteiger partial charge in [0, 0.05) is 31.9 Å². The van der Waals surface area contributed by atoms with Gasteiger partial charge in [-0.15, -0.1) is 0 Å². The van der Waals surface area contributed by atoms with Gasteiger partial charge in [-0.05, 0) is 18.8 Å². The third-order valence-corrected chi connectivity index (χ3v) is 3.91. The van der Waals surface area contributed by atoms with E-state index < -0.39 is 0 Å². The van der Waals surface area contributed by atoms with Gasteiger partial charge in [0.1, 0.15) is 11.5 Å². The van der Waals surface area contributed by atoms with Gasteiger partial charge in [0.25, 0.3) is 0 Å². The predicted molar refractivity (Wildman–Crippen MR) is 85.1 cm³/mol. The summed E-state index contributed by atoms with van der Waals surface area (Å²) in [5, 5.41) is 6.05. The van der Waals surface area contributed by atoms with Crippen molar-refractivity contribution < 1.29 is 19.0 Å². The smallest absolute Gasteiger partial charge is 0.319 e. The number of nitrogens with one attached hydrogen (secondary N) is 2. The van der Waals surface area contributed by atoms with E-state index in [1.165, 1.54) is 14.2 Å². The number of anilines is 1. The maximum Gasteiger partial charge on any atom is 0.319 e. The minimum atomic E-state index is -0.283. The number of amides is 2. The molecule has 1 aromatic rings. The Hall–Kier alpha value is -1.66. The van der Waals surface area contributed by atoms with Gasteiger partial charge in [-0.25, -0.2) is 4.79 Å². The lowest BCUT2D eigenvalue weighted by molar-refractivity contribution is 0.0671. The topological polar surface area (TPSA) is 68.8 Å². The second kappa shape index (κ2) is 8.10. The number of rotatable bonds is 5. The molecule has 22 heavy (non-hydrogen) atoms. The number of urea groups is 1. The van der Waals surface area contributed by atoms with E-state index in [-0.39, 0.29) is 6.03 Å². The van der Waals surface area contributed by atoms with E-state index in [2.05, 4.69) is 10.6 Å². The second-order valence-electron chi connectivity index (χ2n) is 5.08. The van der Waals surface area contributed by atoms with Crippen LogP contribution in [0.3, 0.4) is 0 Å². The number of hydrogen-bond acceptors (Lipinski definition) is 4. The summed E-state index contributed by atoms with van der Waals surface area (Å²) < 4.78 is 15.7. The molecule has 0 spiro atoms. The summed E-state index contributed by atoms with van der Waals surface area (Å²) in [5.41, 5.74) is 0.508. The van der Waals surface area contributed by atoms with Crippen molar-refractivity contribution in [1.82, 2.24) is 5.32 Å². The number of carbonyl (C=O) groups excluding carboxylic acids is 1. The molecule has 0 aromatic heterocycles. The van der Waals surface area contributed by atoms with Crippen LogP contribution in [0.5, 0.6) is 11.5 Å². The van der Waals surface area contributed by atoms with Gasteiger partial charge in [0.05, 0.1) is 24.9 Å². The summed E-state index contributed by atoms with van der Waals surface area (Å²) in [4.78, 5) is 12.0. The molecule has 1 aromatic carbocycles. The lowest BCUT2D eigenvalue weighted by Gasteiger charge is -2.22. The SMILES string of the molecule is COc1cc(NC(=O)NCC2CCOCC2)c(OC)cc1Cl. The Morgan fingerprint density at radius 3 is 2.59 bits per heavy atom. The van der Waals surface area contributed by atoms with Gasteiger partial charge < -0.3 is 24.8 Å². The number of methoxy groups -OCH3 is 2. The lowest BCUT2D eigenvalue weighted by atomic mass is 10.0. The van der Waals surface area contributed by atoms with Crippen molar-refractivity contribution in [3.05, 3.63) is 17.2 Å². The first-order valence-corrected chi connectivity index (χ1v) is 7.56. The summed E-state index contributed by atoms with van der Waals surface area (Å²) in [6, 6.07) is 2.96. The van der Waals surface area contributed by atoms with Crippen LogP contribution in [0.15, 0.2) is 12.1 Å². The summed E-state index contributed by atoms with van der Waals surface area (Å²) in [5.74, 6) is 1.41. The zero-order chi connectivity index (χ0) is 15.9. The van der Waals surface area contributed by atoms with E-state index >= 15 is 0 Å². The fourth-order valence-electron chi connectivity index (χ4n) is 2.31. The molecule has 122 valence electrons. The Bertz CT molecular complexity index is 519. The maximum absolute atomic E-state index is 12.0. The Balaban J connectivity index is 1.95. The van der Waals surface area contributed by atoms with Crippen LogP contribution in [0.2, 0.25) is 5.02 Å². The van der Waals surface area contributed by atoms with Gasteiger partial charge in [-0.3, -0.25) is 0 Å². The molecule has 2 amide bonds. The van der Waals surface area contributed by atoms with Gasteiger partial charge in [-0.2, -0.15) is 0 Å². The molecule has 1 heterocycles. The Morgan fingerprint density at radius 1 is 1.27 bits per heavy atom. The summed E-state index contributed by atoms with van der Waals surface area (Å²) in [6.45, 7) is 2.15. The van der Waals surface area contributed by atoms with Crippen molar-refractivity contribution in [3.8, 4) is 11.5 Å². The van der Waals surface area contributed by atoms with E-state index in [9.17, 15) is 4.79 Å². The maximum atomic E-state index is 12.0. The summed E-state index contributed by atoms with van der Waals surface area (Å²) >= 11 is 6.03. The predicted octanol–water partition coefficient (Wildman–Crippen LogP) is 2.91. The van der Waals surface area contributed by atoms with E-state index in [4.69, 9.17) is 25.8 Å². The van der Waals surface area contributed by atoms with E-state index in [0.29, 0.717) is 34.7 Å². The fourth-order valence-corrected chi connectivity index (χ4v) is 2.54. The third-order valence-electron chi connectivity index (χ3n) is 3.61. The molecule has 0 unspecified atom stereocenters. The van der Waals surface area contributed by atoms with Crippen LogP contribution in [0.25, 0.3) is 0 Å². The van der Waals surface area contributed by atoms with Crippen molar-refractivity contribution in [2.24, 2.45) is 5.92 Å². The molecule has 1 fully saturated rings. The monoisotopic (exact) mass is 328 g/mol. The number of halogens is 1. The van der Waals surface area contributed by atoms with Gasteiger partial charge in [0.15, 0.2) is 0 Å². The highest BCUT2D eigenvalue weighted by atomic mass is 35.5. The molecule has 0 aliphatic carbocycles. The van der Waals surface area contributed by atoms with Crippen molar-refractivity contribution in [1.29, 1.82) is 0 Å². The molecule has 0 radical (unpaired) electrons. The van der Waals surface area contributed by atoms with Crippen LogP contribution in [0.1, 0.15) is 12.8 Å². The van der Waals surface area contributed by atoms with Crippen LogP contribution in [0.4, 0.5) is 10.5 Å². The van der Waals surface area contributed by atoms with E-state index in [0.717, 1.165) is 26.1 Å². The van der Waals surface area contributed by atoms with Crippen LogP contribution in [-0.4, -0.2) is 40.0 Å². The minimum absolute atomic E-state index is 0.283. The molecule has 2 rings (SSSR count). The molecule has 2 N–H and O–H groups in total. The summed E-state index contributed by atoms with van der Waals surface area (Å²) in [6.07, 6.45) is 1.94. The minimum Gasteiger partial charge on any atom is -0.495 e. The van der Waals surface area contributed by atoms with Crippen LogP contribution in [0, 0.1) is 5.92 Å². The molecular weight excluding hydrogens is 308 g/mol. The fraction of sp³-hybridized carbons (Fsp3) is 0.533. The van der Waals surface area contributed by atoms with Crippen molar-refractivity contribution in [2.75, 3.05) is 39.3 Å². The molecule has 1 aliphatic heterocycles. The standard InChI is InChI=1S/C15H21ClN2O4/c1-20-13-8-12(14(21-2)7-11(13)16)18-15(19)17-9-10-3-5-22-6-4-10/h7-8,10H,3-6,9H2,1-2H3,(H2,17,18,19). The number of benzene rings is 1. The Kier molecular flexibility index (Phi) is 6.15. The zero-order valence-electron chi connectivity index (χ0n) is 12.8. The molecule has 1 saturated heterocycles. The highest BCUT2D eigenvalue weighted by molar-refractivity contribution is 6.32. The average Bonchev–Trinajstić information content (AvgIpc) is 2.55. The van der Waals surface area contributed by atoms with E-state index in [1.54, 1.807) is 12.1 Å². The normalized spacial score (nSPS) is 15.2. The van der Waals surface area contributed by atoms with E-state index in [1.807, 2.05) is 0 Å². The zero-order valence-corrected chi connectivity index (χ0v) is 13.5. The van der Waals surface area contributed by atoms with Gasteiger partial charge in [0.2, 0.25) is 0 Å². The summed E-state index contributed by atoms with van der Waals surface area (Å²) in [7, 11) is 3.03. The van der Waals surface area contributed by atoms with Crippen LogP contribution in [-0.2, 0) is 4.74 Å².